The van der Waals surface area contributed by atoms with Crippen LogP contribution in [-0.2, 0) is 5.54 Å². The number of hydrogen-bond donors (Lipinski definition) is 2. The van der Waals surface area contributed by atoms with E-state index < -0.39 is 11.4 Å². The fourth-order valence-corrected chi connectivity index (χ4v) is 5.65. The van der Waals surface area contributed by atoms with Crippen LogP contribution < -0.4 is 15.8 Å². The number of amidine groups is 1. The molecule has 4 heterocycles. The molecule has 180 valence electrons. The Morgan fingerprint density at radius 1 is 1.26 bits per heavy atom. The number of nitrogens with zero attached hydrogens (tertiary/aromatic N) is 5. The fourth-order valence-electron chi connectivity index (χ4n) is 4.19. The lowest BCUT2D eigenvalue weighted by molar-refractivity contribution is 0.355. The summed E-state index contributed by atoms with van der Waals surface area (Å²) in [5, 5.41) is 3.16. The molecule has 3 aromatic rings. The van der Waals surface area contributed by atoms with Crippen LogP contribution in [0, 0.1) is 23.6 Å². The number of pyridine rings is 2. The summed E-state index contributed by atoms with van der Waals surface area (Å²) in [6.45, 7) is 6.03. The first-order valence-corrected chi connectivity index (χ1v) is 12.4. The number of nitrogens with one attached hydrogen (secondary N) is 1. The molecule has 0 radical (unpaired) electrons. The molecule has 5 rings (SSSR count). The Labute approximate surface area is 207 Å². The number of hydrogen-bond acceptors (Lipinski definition) is 9. The molecule has 0 unspecified atom stereocenters. The third kappa shape index (κ3) is 4.48. The molecule has 10 heteroatoms. The molecular formula is C25H26FN7OS. The smallest absolute Gasteiger partial charge is 0.233 e. The summed E-state index contributed by atoms with van der Waals surface area (Å²) in [4.78, 5) is 22.3. The van der Waals surface area contributed by atoms with E-state index in [2.05, 4.69) is 44.0 Å². The Balaban J connectivity index is 1.43. The predicted molar refractivity (Wildman–Crippen MR) is 136 cm³/mol. The Kier molecular flexibility index (Phi) is 5.97. The Morgan fingerprint density at radius 3 is 2.83 bits per heavy atom. The van der Waals surface area contributed by atoms with E-state index in [-0.39, 0.29) is 11.4 Å². The number of fused-ring (bicyclic) bond motifs is 1. The molecule has 3 N–H and O–H groups in total. The van der Waals surface area contributed by atoms with Gasteiger partial charge in [-0.25, -0.2) is 24.3 Å². The summed E-state index contributed by atoms with van der Waals surface area (Å²) in [7, 11) is 0. The largest absolute Gasteiger partial charge is 0.463 e. The van der Waals surface area contributed by atoms with Crippen LogP contribution in [0.3, 0.4) is 0 Å². The van der Waals surface area contributed by atoms with Crippen LogP contribution in [0.5, 0.6) is 5.88 Å². The number of rotatable bonds is 6. The first-order valence-electron chi connectivity index (χ1n) is 11.4. The predicted octanol–water partition coefficient (Wildman–Crippen LogP) is 4.19. The van der Waals surface area contributed by atoms with E-state index in [1.807, 2.05) is 6.92 Å². The maximum absolute atomic E-state index is 15.0. The number of nitrogens with two attached hydrogens (primary N) is 1. The number of aromatic nitrogens is 4. The lowest BCUT2D eigenvalue weighted by Gasteiger charge is -2.40. The van der Waals surface area contributed by atoms with Gasteiger partial charge in [0.25, 0.3) is 0 Å². The summed E-state index contributed by atoms with van der Waals surface area (Å²) in [5.41, 5.74) is 7.19. The minimum absolute atomic E-state index is 0.179. The van der Waals surface area contributed by atoms with E-state index >= 15 is 0 Å². The Hall–Kier alpha value is -3.45. The van der Waals surface area contributed by atoms with Crippen LogP contribution >= 0.6 is 11.8 Å². The first kappa shape index (κ1) is 23.3. The maximum Gasteiger partial charge on any atom is 0.233 e. The van der Waals surface area contributed by atoms with Gasteiger partial charge in [-0.05, 0) is 51.7 Å². The summed E-state index contributed by atoms with van der Waals surface area (Å²) in [6, 6.07) is 3.41. The fraction of sp³-hybridized carbons (Fsp3) is 0.400. The highest BCUT2D eigenvalue weighted by molar-refractivity contribution is 8.01. The Morgan fingerprint density at radius 2 is 2.09 bits per heavy atom. The maximum atomic E-state index is 15.0. The molecular weight excluding hydrogens is 465 g/mol. The molecule has 1 aliphatic carbocycles. The van der Waals surface area contributed by atoms with Crippen molar-refractivity contribution < 1.29 is 9.13 Å². The third-order valence-corrected chi connectivity index (χ3v) is 8.32. The van der Waals surface area contributed by atoms with Crippen molar-refractivity contribution in [3.05, 3.63) is 42.1 Å². The lowest BCUT2D eigenvalue weighted by Crippen LogP contribution is -2.48. The van der Waals surface area contributed by atoms with Gasteiger partial charge in [-0.15, -0.1) is 17.7 Å². The first-order chi connectivity index (χ1) is 16.8. The Bertz CT molecular complexity index is 1380. The van der Waals surface area contributed by atoms with Gasteiger partial charge in [-0.1, -0.05) is 5.92 Å². The number of aliphatic imine (C=N–C) groups is 1. The number of thioether (sulfide) groups is 1. The summed E-state index contributed by atoms with van der Waals surface area (Å²) < 4.78 is 20.3. The van der Waals surface area contributed by atoms with Crippen LogP contribution in [0.1, 0.15) is 39.2 Å². The molecule has 0 aromatic carbocycles. The molecule has 2 atom stereocenters. The van der Waals surface area contributed by atoms with Crippen molar-refractivity contribution in [1.82, 2.24) is 19.9 Å². The van der Waals surface area contributed by atoms with Gasteiger partial charge >= 0.3 is 0 Å². The summed E-state index contributed by atoms with van der Waals surface area (Å²) in [5.74, 6) is 8.17. The van der Waals surface area contributed by atoms with Crippen molar-refractivity contribution in [1.29, 1.82) is 0 Å². The minimum atomic E-state index is -0.799. The molecule has 0 saturated heterocycles. The van der Waals surface area contributed by atoms with Gasteiger partial charge in [0.15, 0.2) is 12.4 Å². The van der Waals surface area contributed by atoms with Crippen LogP contribution in [0.25, 0.3) is 11.0 Å². The monoisotopic (exact) mass is 491 g/mol. The van der Waals surface area contributed by atoms with E-state index in [4.69, 9.17) is 15.5 Å². The quantitative estimate of drug-likeness (QED) is 0.494. The molecule has 0 bridgehead atoms. The van der Waals surface area contributed by atoms with E-state index in [1.165, 1.54) is 12.4 Å². The molecule has 0 amide bonds. The lowest BCUT2D eigenvalue weighted by atomic mass is 9.93. The topological polar surface area (TPSA) is 111 Å². The third-order valence-electron chi connectivity index (χ3n) is 6.47. The van der Waals surface area contributed by atoms with Gasteiger partial charge in [0, 0.05) is 17.5 Å². The van der Waals surface area contributed by atoms with Crippen LogP contribution in [0.2, 0.25) is 0 Å². The molecule has 2 aliphatic rings. The SMILES string of the molecule is CC#CCOc1cnc2c(Nc3cc([C@]4(C)CS[C@@](C)(C5CC5)C(N)=N4)c(F)cn3)nccc2n1. The van der Waals surface area contributed by atoms with Crippen LogP contribution in [0.4, 0.5) is 16.0 Å². The second-order valence-corrected chi connectivity index (χ2v) is 10.5. The van der Waals surface area contributed by atoms with Crippen molar-refractivity contribution in [3.63, 3.8) is 0 Å². The second kappa shape index (κ2) is 8.96. The number of ether oxygens (including phenoxy) is 1. The molecule has 1 fully saturated rings. The van der Waals surface area contributed by atoms with E-state index in [0.717, 1.165) is 12.8 Å². The van der Waals surface area contributed by atoms with Crippen molar-refractivity contribution in [2.45, 2.75) is 43.9 Å². The highest BCUT2D eigenvalue weighted by atomic mass is 32.2. The molecule has 1 aliphatic heterocycles. The average Bonchev–Trinajstić information content (AvgIpc) is 3.69. The highest BCUT2D eigenvalue weighted by Gasteiger charge is 2.50. The van der Waals surface area contributed by atoms with Crippen molar-refractivity contribution in [2.75, 3.05) is 17.7 Å². The minimum Gasteiger partial charge on any atom is -0.463 e. The van der Waals surface area contributed by atoms with E-state index in [1.54, 1.807) is 37.0 Å². The van der Waals surface area contributed by atoms with Crippen molar-refractivity contribution in [2.24, 2.45) is 16.6 Å². The summed E-state index contributed by atoms with van der Waals surface area (Å²) in [6.07, 6.45) is 6.66. The molecule has 35 heavy (non-hydrogen) atoms. The van der Waals surface area contributed by atoms with Crippen molar-refractivity contribution in [3.8, 4) is 17.7 Å². The van der Waals surface area contributed by atoms with Crippen LogP contribution in [-0.4, -0.2) is 42.9 Å². The van der Waals surface area contributed by atoms with Gasteiger partial charge < -0.3 is 15.8 Å². The van der Waals surface area contributed by atoms with Crippen LogP contribution in [0.15, 0.2) is 35.7 Å². The van der Waals surface area contributed by atoms with Gasteiger partial charge in [0.1, 0.15) is 23.0 Å². The van der Waals surface area contributed by atoms with E-state index in [9.17, 15) is 4.39 Å². The molecule has 0 spiro atoms. The van der Waals surface area contributed by atoms with E-state index in [0.29, 0.717) is 51.6 Å². The second-order valence-electron chi connectivity index (χ2n) is 9.07. The average molecular weight is 492 g/mol. The molecule has 8 nitrogen and oxygen atoms in total. The van der Waals surface area contributed by atoms with Gasteiger partial charge in [-0.2, -0.15) is 0 Å². The molecule has 3 aromatic heterocycles. The number of halogens is 1. The highest BCUT2D eigenvalue weighted by Crippen LogP contribution is 2.52. The zero-order valence-electron chi connectivity index (χ0n) is 19.8. The number of anilines is 2. The van der Waals surface area contributed by atoms with Gasteiger partial charge in [-0.3, -0.25) is 4.99 Å². The zero-order chi connectivity index (χ0) is 24.6. The molecule has 1 saturated carbocycles. The normalized spacial score (nSPS) is 23.8. The van der Waals surface area contributed by atoms with Crippen molar-refractivity contribution >= 4 is 40.3 Å². The zero-order valence-corrected chi connectivity index (χ0v) is 20.6. The van der Waals surface area contributed by atoms with Gasteiger partial charge in [0.05, 0.1) is 28.2 Å². The standard InChI is InChI=1S/C25H26FN7OS/c1-4-5-10-34-20-13-30-21-18(31-20)8-9-28-22(21)32-19-11-16(17(26)12-29-19)24(2)14-35-25(3,15-6-7-15)23(27)33-24/h8-9,11-13,15H,6-7,10,14H2,1-3H3,(H2,27,33)(H,28,29,32)/t24-,25-/m0/s1. The van der Waals surface area contributed by atoms with Gasteiger partial charge in [0.2, 0.25) is 5.88 Å². The summed E-state index contributed by atoms with van der Waals surface area (Å²) >= 11 is 1.76.